The second-order valence-electron chi connectivity index (χ2n) is 3.26. The lowest BCUT2D eigenvalue weighted by molar-refractivity contribution is 0.396. The lowest BCUT2D eigenvalue weighted by Gasteiger charge is -2.04. The first-order chi connectivity index (χ1) is 7.65. The molecule has 2 rings (SSSR count). The van der Waals surface area contributed by atoms with E-state index in [1.165, 1.54) is 20.3 Å². The van der Waals surface area contributed by atoms with Crippen molar-refractivity contribution >= 4 is 23.7 Å². The molecule has 0 unspecified atom stereocenters. The first-order valence-electron chi connectivity index (χ1n) is 4.67. The molecule has 1 aromatic heterocycles. The third kappa shape index (κ3) is 1.73. The fourth-order valence-corrected chi connectivity index (χ4v) is 1.52. The van der Waals surface area contributed by atoms with E-state index in [1.807, 2.05) is 0 Å². The SMILES string of the molecule is COc1cc(OC)c2cc(B(O)O)oc2c1. The minimum Gasteiger partial charge on any atom is -0.496 e. The fraction of sp³-hybridized carbons (Fsp3) is 0.200. The molecule has 0 saturated heterocycles. The van der Waals surface area contributed by atoms with Gasteiger partial charge in [0.2, 0.25) is 0 Å². The maximum Gasteiger partial charge on any atom is 0.526 e. The predicted octanol–water partition coefficient (Wildman–Crippen LogP) is 0.130. The number of benzene rings is 1. The second-order valence-corrected chi connectivity index (χ2v) is 3.26. The third-order valence-electron chi connectivity index (χ3n) is 2.30. The summed E-state index contributed by atoms with van der Waals surface area (Å²) >= 11 is 0. The summed E-state index contributed by atoms with van der Waals surface area (Å²) < 4.78 is 15.5. The van der Waals surface area contributed by atoms with E-state index < -0.39 is 7.12 Å². The summed E-state index contributed by atoms with van der Waals surface area (Å²) in [6.45, 7) is 0. The molecule has 2 N–H and O–H groups in total. The fourth-order valence-electron chi connectivity index (χ4n) is 1.52. The van der Waals surface area contributed by atoms with Crippen LogP contribution in [0.1, 0.15) is 0 Å². The molecule has 0 aliphatic carbocycles. The summed E-state index contributed by atoms with van der Waals surface area (Å²) in [4.78, 5) is 0. The molecule has 5 nitrogen and oxygen atoms in total. The van der Waals surface area contributed by atoms with Gasteiger partial charge in [-0.25, -0.2) is 0 Å². The van der Waals surface area contributed by atoms with Crippen molar-refractivity contribution in [2.24, 2.45) is 0 Å². The number of hydrogen-bond donors (Lipinski definition) is 2. The monoisotopic (exact) mass is 222 g/mol. The highest BCUT2D eigenvalue weighted by molar-refractivity contribution is 6.57. The van der Waals surface area contributed by atoms with Crippen molar-refractivity contribution in [3.05, 3.63) is 18.2 Å². The Hall–Kier alpha value is -1.66. The van der Waals surface area contributed by atoms with Gasteiger partial charge in [-0.05, 0) is 6.07 Å². The Kier molecular flexibility index (Phi) is 2.76. The van der Waals surface area contributed by atoms with E-state index >= 15 is 0 Å². The van der Waals surface area contributed by atoms with Gasteiger partial charge < -0.3 is 23.9 Å². The van der Waals surface area contributed by atoms with Gasteiger partial charge >= 0.3 is 7.12 Å². The van der Waals surface area contributed by atoms with Crippen LogP contribution >= 0.6 is 0 Å². The molecule has 0 saturated carbocycles. The van der Waals surface area contributed by atoms with Crippen LogP contribution < -0.4 is 15.1 Å². The van der Waals surface area contributed by atoms with Gasteiger partial charge in [0.25, 0.3) is 0 Å². The number of ether oxygens (including phenoxy) is 2. The van der Waals surface area contributed by atoms with Gasteiger partial charge in [0, 0.05) is 12.1 Å². The molecule has 2 aromatic rings. The quantitative estimate of drug-likeness (QED) is 0.722. The Morgan fingerprint density at radius 1 is 1.12 bits per heavy atom. The minimum atomic E-state index is -1.64. The van der Waals surface area contributed by atoms with Crippen LogP contribution in [0, 0.1) is 0 Å². The molecular formula is C10H11BO5. The maximum atomic E-state index is 9.00. The first-order valence-corrected chi connectivity index (χ1v) is 4.67. The van der Waals surface area contributed by atoms with Crippen LogP contribution in [-0.2, 0) is 0 Å². The summed E-state index contributed by atoms with van der Waals surface area (Å²) in [6.07, 6.45) is 0. The van der Waals surface area contributed by atoms with Crippen LogP contribution in [0.25, 0.3) is 11.0 Å². The summed E-state index contributed by atoms with van der Waals surface area (Å²) in [7, 11) is 1.42. The molecule has 16 heavy (non-hydrogen) atoms. The number of methoxy groups -OCH3 is 2. The van der Waals surface area contributed by atoms with Crippen LogP contribution in [0.4, 0.5) is 0 Å². The van der Waals surface area contributed by atoms with Gasteiger partial charge in [-0.3, -0.25) is 0 Å². The predicted molar refractivity (Wildman–Crippen MR) is 59.1 cm³/mol. The van der Waals surface area contributed by atoms with Gasteiger partial charge in [-0.2, -0.15) is 0 Å². The van der Waals surface area contributed by atoms with E-state index in [0.29, 0.717) is 22.5 Å². The van der Waals surface area contributed by atoms with Crippen molar-refractivity contribution in [3.8, 4) is 11.5 Å². The number of furan rings is 1. The molecule has 0 aliphatic rings. The molecule has 84 valence electrons. The van der Waals surface area contributed by atoms with Crippen LogP contribution in [0.5, 0.6) is 11.5 Å². The zero-order chi connectivity index (χ0) is 11.7. The van der Waals surface area contributed by atoms with Crippen LogP contribution in [0.15, 0.2) is 22.6 Å². The summed E-state index contributed by atoms with van der Waals surface area (Å²) in [6, 6.07) is 4.88. The van der Waals surface area contributed by atoms with Crippen molar-refractivity contribution in [1.82, 2.24) is 0 Å². The molecule has 0 aliphatic heterocycles. The molecule has 0 atom stereocenters. The molecule has 0 amide bonds. The van der Waals surface area contributed by atoms with Gasteiger partial charge in [0.05, 0.1) is 19.6 Å². The van der Waals surface area contributed by atoms with Gasteiger partial charge in [-0.15, -0.1) is 0 Å². The van der Waals surface area contributed by atoms with E-state index in [2.05, 4.69) is 0 Å². The highest BCUT2D eigenvalue weighted by Gasteiger charge is 2.19. The molecule has 0 fully saturated rings. The summed E-state index contributed by atoms with van der Waals surface area (Å²) in [5, 5.41) is 18.7. The van der Waals surface area contributed by atoms with Gasteiger partial charge in [0.1, 0.15) is 22.7 Å². The van der Waals surface area contributed by atoms with E-state index in [9.17, 15) is 0 Å². The van der Waals surface area contributed by atoms with Gasteiger partial charge in [0.15, 0.2) is 0 Å². The number of fused-ring (bicyclic) bond motifs is 1. The molecule has 6 heteroatoms. The van der Waals surface area contributed by atoms with Crippen molar-refractivity contribution < 1.29 is 23.9 Å². The highest BCUT2D eigenvalue weighted by atomic mass is 16.5. The molecular weight excluding hydrogens is 211 g/mol. The van der Waals surface area contributed by atoms with Crippen molar-refractivity contribution in [2.45, 2.75) is 0 Å². The Bertz CT molecular complexity index is 505. The first kappa shape index (κ1) is 10.8. The smallest absolute Gasteiger partial charge is 0.496 e. The highest BCUT2D eigenvalue weighted by Crippen LogP contribution is 2.31. The third-order valence-corrected chi connectivity index (χ3v) is 2.30. The second kappa shape index (κ2) is 4.07. The average Bonchev–Trinajstić information content (AvgIpc) is 2.71. The Labute approximate surface area is 92.3 Å². The van der Waals surface area contributed by atoms with Gasteiger partial charge in [-0.1, -0.05) is 0 Å². The zero-order valence-corrected chi connectivity index (χ0v) is 8.93. The molecule has 1 aromatic carbocycles. The Morgan fingerprint density at radius 2 is 1.88 bits per heavy atom. The van der Waals surface area contributed by atoms with Crippen LogP contribution in [0.2, 0.25) is 0 Å². The normalized spacial score (nSPS) is 10.5. The van der Waals surface area contributed by atoms with Crippen molar-refractivity contribution in [1.29, 1.82) is 0 Å². The van der Waals surface area contributed by atoms with Crippen molar-refractivity contribution in [3.63, 3.8) is 0 Å². The van der Waals surface area contributed by atoms with E-state index in [1.54, 1.807) is 12.1 Å². The summed E-state index contributed by atoms with van der Waals surface area (Å²) in [5.41, 5.74) is 0.556. The molecule has 0 bridgehead atoms. The number of hydrogen-bond acceptors (Lipinski definition) is 5. The van der Waals surface area contributed by atoms with E-state index in [0.717, 1.165) is 0 Å². The Morgan fingerprint density at radius 3 is 2.44 bits per heavy atom. The maximum absolute atomic E-state index is 9.00. The molecule has 1 heterocycles. The topological polar surface area (TPSA) is 72.1 Å². The standard InChI is InChI=1S/C10H11BO5/c1-14-6-3-8(15-2)7-5-10(11(12)13)16-9(7)4-6/h3-5,12-13H,1-2H3. The molecule has 0 radical (unpaired) electrons. The summed E-state index contributed by atoms with van der Waals surface area (Å²) in [5.74, 6) is 1.14. The average molecular weight is 222 g/mol. The minimum absolute atomic E-state index is 0.0709. The lowest BCUT2D eigenvalue weighted by Crippen LogP contribution is -2.27. The lowest BCUT2D eigenvalue weighted by atomic mass is 9.88. The van der Waals surface area contributed by atoms with Crippen molar-refractivity contribution in [2.75, 3.05) is 14.2 Å². The molecule has 0 spiro atoms. The van der Waals surface area contributed by atoms with Crippen LogP contribution in [0.3, 0.4) is 0 Å². The Balaban J connectivity index is 2.65. The van der Waals surface area contributed by atoms with E-state index in [-0.39, 0.29) is 5.66 Å². The number of rotatable bonds is 3. The van der Waals surface area contributed by atoms with E-state index in [4.69, 9.17) is 23.9 Å². The largest absolute Gasteiger partial charge is 0.526 e. The van der Waals surface area contributed by atoms with Crippen LogP contribution in [-0.4, -0.2) is 31.4 Å². The zero-order valence-electron chi connectivity index (χ0n) is 8.93.